The molecule has 0 spiro atoms. The third-order valence-electron chi connectivity index (χ3n) is 2.62. The second kappa shape index (κ2) is 5.21. The molecule has 0 bridgehead atoms. The molecule has 9 heteroatoms. The van der Waals surface area contributed by atoms with Gasteiger partial charge in [0.15, 0.2) is 0 Å². The normalized spacial score (nSPS) is 19.9. The first kappa shape index (κ1) is 13.3. The van der Waals surface area contributed by atoms with Crippen LogP contribution >= 0.6 is 23.2 Å². The average Bonchev–Trinajstić information content (AvgIpc) is 2.27. The van der Waals surface area contributed by atoms with Gasteiger partial charge in [0.25, 0.3) is 0 Å². The van der Waals surface area contributed by atoms with Crippen molar-refractivity contribution in [3.63, 3.8) is 0 Å². The van der Waals surface area contributed by atoms with Gasteiger partial charge in [-0.3, -0.25) is 10.1 Å². The molecule has 1 saturated heterocycles. The first-order valence-electron chi connectivity index (χ1n) is 5.22. The summed E-state index contributed by atoms with van der Waals surface area (Å²) in [5.74, 6) is 0.140. The van der Waals surface area contributed by atoms with Gasteiger partial charge in [-0.15, -0.1) is 0 Å². The molecule has 1 unspecified atom stereocenters. The van der Waals surface area contributed by atoms with Crippen LogP contribution in [0, 0.1) is 10.1 Å². The zero-order valence-electron chi connectivity index (χ0n) is 9.47. The van der Waals surface area contributed by atoms with E-state index >= 15 is 0 Å². The summed E-state index contributed by atoms with van der Waals surface area (Å²) in [4.78, 5) is 19.7. The fourth-order valence-corrected chi connectivity index (χ4v) is 2.23. The molecule has 1 aromatic heterocycles. The Bertz CT molecular complexity index is 485. The van der Waals surface area contributed by atoms with Crippen molar-refractivity contribution in [2.75, 3.05) is 24.7 Å². The predicted molar refractivity (Wildman–Crippen MR) is 66.3 cm³/mol. The van der Waals surface area contributed by atoms with Gasteiger partial charge in [0.05, 0.1) is 24.2 Å². The largest absolute Gasteiger partial charge is 0.377 e. The molecule has 98 valence electrons. The van der Waals surface area contributed by atoms with E-state index in [4.69, 9.17) is 27.9 Å². The molecule has 0 radical (unpaired) electrons. The van der Waals surface area contributed by atoms with Gasteiger partial charge in [-0.05, 0) is 18.5 Å². The number of nitrogens with zero attached hydrogens (tertiary/aromatic N) is 4. The summed E-state index contributed by atoms with van der Waals surface area (Å²) < 4.78 is 5.27. The van der Waals surface area contributed by atoms with Crippen LogP contribution in [0.25, 0.3) is 0 Å². The predicted octanol–water partition coefficient (Wildman–Crippen LogP) is 1.92. The lowest BCUT2D eigenvalue weighted by Crippen LogP contribution is -2.44. The molecule has 0 amide bonds. The Morgan fingerprint density at radius 2 is 2.22 bits per heavy atom. The van der Waals surface area contributed by atoms with Crippen LogP contribution in [0.5, 0.6) is 0 Å². The van der Waals surface area contributed by atoms with Crippen molar-refractivity contribution in [3.8, 4) is 0 Å². The number of hydrogen-bond donors (Lipinski definition) is 0. The summed E-state index contributed by atoms with van der Waals surface area (Å²) in [5.41, 5.74) is -0.324. The first-order chi connectivity index (χ1) is 8.50. The average molecular weight is 293 g/mol. The summed E-state index contributed by atoms with van der Waals surface area (Å²) in [6, 6.07) is -0.0421. The van der Waals surface area contributed by atoms with Gasteiger partial charge < -0.3 is 9.64 Å². The van der Waals surface area contributed by atoms with Gasteiger partial charge in [-0.2, -0.15) is 9.97 Å². The molecule has 1 atom stereocenters. The van der Waals surface area contributed by atoms with Gasteiger partial charge >= 0.3 is 5.69 Å². The van der Waals surface area contributed by atoms with Crippen LogP contribution in [-0.4, -0.2) is 40.7 Å². The molecule has 0 N–H and O–H groups in total. The van der Waals surface area contributed by atoms with E-state index in [9.17, 15) is 10.1 Å². The zero-order chi connectivity index (χ0) is 13.3. The number of nitro groups is 1. The van der Waals surface area contributed by atoms with Gasteiger partial charge in [-0.25, -0.2) is 0 Å². The fourth-order valence-electron chi connectivity index (χ4n) is 1.79. The lowest BCUT2D eigenvalue weighted by Gasteiger charge is -2.33. The number of halogens is 2. The minimum absolute atomic E-state index is 0.0421. The molecule has 1 aliphatic rings. The van der Waals surface area contributed by atoms with E-state index in [1.807, 2.05) is 6.92 Å². The van der Waals surface area contributed by atoms with Crippen LogP contribution < -0.4 is 4.90 Å². The van der Waals surface area contributed by atoms with Crippen molar-refractivity contribution in [2.45, 2.75) is 13.0 Å². The monoisotopic (exact) mass is 292 g/mol. The van der Waals surface area contributed by atoms with E-state index in [0.29, 0.717) is 19.8 Å². The van der Waals surface area contributed by atoms with E-state index in [-0.39, 0.29) is 28.0 Å². The Morgan fingerprint density at radius 3 is 2.83 bits per heavy atom. The molecule has 1 aliphatic heterocycles. The Balaban J connectivity index is 2.50. The molecule has 2 rings (SSSR count). The van der Waals surface area contributed by atoms with E-state index < -0.39 is 4.92 Å². The number of rotatable bonds is 2. The Morgan fingerprint density at radius 1 is 1.50 bits per heavy atom. The molecule has 0 saturated carbocycles. The van der Waals surface area contributed by atoms with E-state index in [2.05, 4.69) is 9.97 Å². The molecule has 2 heterocycles. The molecule has 7 nitrogen and oxygen atoms in total. The van der Waals surface area contributed by atoms with Crippen LogP contribution in [0.2, 0.25) is 10.4 Å². The van der Waals surface area contributed by atoms with Gasteiger partial charge in [0.1, 0.15) is 0 Å². The summed E-state index contributed by atoms with van der Waals surface area (Å²) in [7, 11) is 0. The van der Waals surface area contributed by atoms with Crippen LogP contribution in [-0.2, 0) is 4.74 Å². The molecule has 0 aliphatic carbocycles. The number of anilines is 1. The molecule has 18 heavy (non-hydrogen) atoms. The molecule has 0 aromatic carbocycles. The third kappa shape index (κ3) is 2.47. The van der Waals surface area contributed by atoms with Crippen molar-refractivity contribution in [1.29, 1.82) is 0 Å². The third-order valence-corrected chi connectivity index (χ3v) is 3.05. The van der Waals surface area contributed by atoms with E-state index in [0.717, 1.165) is 0 Å². The highest BCUT2D eigenvalue weighted by atomic mass is 35.5. The van der Waals surface area contributed by atoms with Crippen LogP contribution in [0.4, 0.5) is 11.5 Å². The van der Waals surface area contributed by atoms with Crippen LogP contribution in [0.3, 0.4) is 0 Å². The molecular formula is C9H10Cl2N4O3. The maximum absolute atomic E-state index is 11.0. The number of aromatic nitrogens is 2. The highest BCUT2D eigenvalue weighted by Crippen LogP contribution is 2.34. The fraction of sp³-hybridized carbons (Fsp3) is 0.556. The molecular weight excluding hydrogens is 283 g/mol. The minimum atomic E-state index is -0.601. The molecule has 1 fully saturated rings. The Hall–Kier alpha value is -1.18. The van der Waals surface area contributed by atoms with Crippen molar-refractivity contribution in [1.82, 2.24) is 9.97 Å². The second-order valence-corrected chi connectivity index (χ2v) is 4.53. The number of ether oxygens (including phenoxy) is 1. The minimum Gasteiger partial charge on any atom is -0.377 e. The Kier molecular flexibility index (Phi) is 3.84. The SMILES string of the molecule is CC1COCCN1c1nc(Cl)nc(Cl)c1[N+](=O)[O-]. The van der Waals surface area contributed by atoms with E-state index in [1.165, 1.54) is 0 Å². The maximum Gasteiger partial charge on any atom is 0.348 e. The topological polar surface area (TPSA) is 81.4 Å². The number of hydrogen-bond acceptors (Lipinski definition) is 6. The summed E-state index contributed by atoms with van der Waals surface area (Å²) in [6.45, 7) is 3.32. The van der Waals surface area contributed by atoms with Crippen molar-refractivity contribution < 1.29 is 9.66 Å². The summed E-state index contributed by atoms with van der Waals surface area (Å²) in [6.07, 6.45) is 0. The summed E-state index contributed by atoms with van der Waals surface area (Å²) in [5, 5.41) is 10.7. The quantitative estimate of drug-likeness (QED) is 0.358. The smallest absolute Gasteiger partial charge is 0.348 e. The summed E-state index contributed by atoms with van der Waals surface area (Å²) >= 11 is 11.5. The highest BCUT2D eigenvalue weighted by Gasteiger charge is 2.31. The molecule has 1 aromatic rings. The standard InChI is InChI=1S/C9H10Cl2N4O3/c1-5-4-18-3-2-14(5)8-6(15(16)17)7(10)12-9(11)13-8/h5H,2-4H2,1H3. The first-order valence-corrected chi connectivity index (χ1v) is 5.98. The lowest BCUT2D eigenvalue weighted by atomic mass is 10.2. The van der Waals surface area contributed by atoms with E-state index in [1.54, 1.807) is 4.90 Å². The van der Waals surface area contributed by atoms with Gasteiger partial charge in [0.2, 0.25) is 16.3 Å². The van der Waals surface area contributed by atoms with Crippen LogP contribution in [0.15, 0.2) is 0 Å². The maximum atomic E-state index is 11.0. The van der Waals surface area contributed by atoms with Gasteiger partial charge in [-0.1, -0.05) is 11.6 Å². The Labute approximate surface area is 113 Å². The van der Waals surface area contributed by atoms with Crippen molar-refractivity contribution in [2.24, 2.45) is 0 Å². The van der Waals surface area contributed by atoms with Crippen molar-refractivity contribution in [3.05, 3.63) is 20.6 Å². The highest BCUT2D eigenvalue weighted by molar-refractivity contribution is 6.33. The van der Waals surface area contributed by atoms with Gasteiger partial charge in [0, 0.05) is 6.54 Å². The van der Waals surface area contributed by atoms with Crippen molar-refractivity contribution >= 4 is 34.7 Å². The number of morpholine rings is 1. The van der Waals surface area contributed by atoms with Crippen LogP contribution in [0.1, 0.15) is 6.92 Å². The lowest BCUT2D eigenvalue weighted by molar-refractivity contribution is -0.384. The zero-order valence-corrected chi connectivity index (χ0v) is 11.0. The second-order valence-electron chi connectivity index (χ2n) is 3.83.